The first-order valence-corrected chi connectivity index (χ1v) is 20.0. The van der Waals surface area contributed by atoms with E-state index in [1.165, 1.54) is 0 Å². The number of benzene rings is 1. The Morgan fingerprint density at radius 3 is 1.68 bits per heavy atom. The van der Waals surface area contributed by atoms with Gasteiger partial charge in [0.2, 0.25) is 0 Å². The van der Waals surface area contributed by atoms with E-state index in [2.05, 4.69) is 30.7 Å². The fourth-order valence-electron chi connectivity index (χ4n) is 6.16. The number of hydrogen-bond donors (Lipinski definition) is 5. The summed E-state index contributed by atoms with van der Waals surface area (Å²) in [5, 5.41) is 23.2. The summed E-state index contributed by atoms with van der Waals surface area (Å²) in [6, 6.07) is 14.5. The SMILES string of the molecule is Cn1cc(NC(=O)c2ccc(/C=C/c3ccncc3)cc2)cc1C(=O)Nc1cc(C(=O)NCCN2CCOCC2)n(CCCN2CCOCC2)c1.O=C(O)C(F)(F)F.O=C(O)C(F)(F)F. The molecule has 2 saturated heterocycles. The Hall–Kier alpha value is -6.56. The van der Waals surface area contributed by atoms with Crippen molar-refractivity contribution in [1.29, 1.82) is 0 Å². The summed E-state index contributed by atoms with van der Waals surface area (Å²) in [5.74, 6) is -6.33. The van der Waals surface area contributed by atoms with E-state index >= 15 is 0 Å². The molecule has 2 aliphatic rings. The minimum atomic E-state index is -5.08. The van der Waals surface area contributed by atoms with Crippen molar-refractivity contribution in [3.8, 4) is 0 Å². The van der Waals surface area contributed by atoms with Gasteiger partial charge in [0.15, 0.2) is 0 Å². The third kappa shape index (κ3) is 17.5. The largest absolute Gasteiger partial charge is 0.490 e. The van der Waals surface area contributed by atoms with Crippen molar-refractivity contribution >= 4 is 53.2 Å². The fourth-order valence-corrected chi connectivity index (χ4v) is 6.16. The highest BCUT2D eigenvalue weighted by Crippen LogP contribution is 2.20. The van der Waals surface area contributed by atoms with Crippen LogP contribution in [0.3, 0.4) is 0 Å². The summed E-state index contributed by atoms with van der Waals surface area (Å²) in [5.41, 5.74) is 4.36. The maximum atomic E-state index is 13.5. The number of nitrogens with one attached hydrogen (secondary N) is 3. The lowest BCUT2D eigenvalue weighted by molar-refractivity contribution is -0.193. The third-order valence-electron chi connectivity index (χ3n) is 9.51. The molecule has 65 heavy (non-hydrogen) atoms. The average molecular weight is 923 g/mol. The Kier molecular flexibility index (Phi) is 19.2. The number of amides is 3. The molecule has 4 aromatic rings. The minimum absolute atomic E-state index is 0.184. The lowest BCUT2D eigenvalue weighted by Gasteiger charge is -2.26. The second-order valence-electron chi connectivity index (χ2n) is 14.3. The molecular weight excluding hydrogens is 874 g/mol. The summed E-state index contributed by atoms with van der Waals surface area (Å²) in [4.78, 5) is 66.3. The number of morpholine rings is 2. The molecule has 0 aliphatic carbocycles. The van der Waals surface area contributed by atoms with E-state index in [0.29, 0.717) is 54.6 Å². The summed E-state index contributed by atoms with van der Waals surface area (Å²) in [6.07, 6.45) is 1.63. The van der Waals surface area contributed by atoms with Gasteiger partial charge in [-0.2, -0.15) is 26.3 Å². The lowest BCUT2D eigenvalue weighted by Crippen LogP contribution is -2.41. The molecule has 3 aromatic heterocycles. The van der Waals surface area contributed by atoms with Gasteiger partial charge in [-0.3, -0.25) is 29.2 Å². The molecule has 0 radical (unpaired) electrons. The number of ether oxygens (including phenoxy) is 2. The second kappa shape index (κ2) is 24.5. The minimum Gasteiger partial charge on any atom is -0.475 e. The number of carboxylic acid groups (broad SMARTS) is 2. The van der Waals surface area contributed by atoms with Gasteiger partial charge in [0.25, 0.3) is 17.7 Å². The number of halogens is 6. The van der Waals surface area contributed by atoms with Gasteiger partial charge in [-0.15, -0.1) is 0 Å². The van der Waals surface area contributed by atoms with E-state index in [0.717, 1.165) is 70.0 Å². The van der Waals surface area contributed by atoms with Crippen LogP contribution in [-0.4, -0.2) is 148 Å². The summed E-state index contributed by atoms with van der Waals surface area (Å²) in [6.45, 7) is 9.19. The number of alkyl halides is 6. The summed E-state index contributed by atoms with van der Waals surface area (Å²) >= 11 is 0. The molecule has 352 valence electrons. The highest BCUT2D eigenvalue weighted by Gasteiger charge is 2.39. The van der Waals surface area contributed by atoms with Gasteiger partial charge in [0.1, 0.15) is 11.4 Å². The van der Waals surface area contributed by atoms with Crippen LogP contribution in [0.5, 0.6) is 0 Å². The smallest absolute Gasteiger partial charge is 0.475 e. The molecule has 2 fully saturated rings. The first kappa shape index (κ1) is 51.1. The molecule has 2 aliphatic heterocycles. The molecule has 23 heteroatoms. The van der Waals surface area contributed by atoms with Crippen LogP contribution in [0.2, 0.25) is 0 Å². The van der Waals surface area contributed by atoms with E-state index in [1.54, 1.807) is 54.5 Å². The number of carboxylic acids is 2. The predicted octanol–water partition coefficient (Wildman–Crippen LogP) is 4.95. The average Bonchev–Trinajstić information content (AvgIpc) is 3.85. The van der Waals surface area contributed by atoms with E-state index in [4.69, 9.17) is 29.3 Å². The van der Waals surface area contributed by atoms with Crippen LogP contribution >= 0.6 is 0 Å². The van der Waals surface area contributed by atoms with Crippen LogP contribution in [0.4, 0.5) is 37.7 Å². The van der Waals surface area contributed by atoms with Crippen molar-refractivity contribution in [3.05, 3.63) is 101 Å². The Morgan fingerprint density at radius 2 is 1.14 bits per heavy atom. The number of anilines is 2. The number of nitrogens with zero attached hydrogens (tertiary/aromatic N) is 5. The molecule has 3 amide bonds. The normalized spacial score (nSPS) is 14.6. The molecule has 0 spiro atoms. The maximum Gasteiger partial charge on any atom is 0.490 e. The van der Waals surface area contributed by atoms with Crippen LogP contribution in [0, 0.1) is 0 Å². The first-order valence-electron chi connectivity index (χ1n) is 20.0. The van der Waals surface area contributed by atoms with E-state index < -0.39 is 24.3 Å². The lowest BCUT2D eigenvalue weighted by atomic mass is 10.1. The van der Waals surface area contributed by atoms with Gasteiger partial charge in [0, 0.05) is 89.8 Å². The molecule has 1 aromatic carbocycles. The van der Waals surface area contributed by atoms with Crippen molar-refractivity contribution in [2.24, 2.45) is 7.05 Å². The molecule has 5 heterocycles. The Balaban J connectivity index is 0.000000572. The predicted molar refractivity (Wildman–Crippen MR) is 224 cm³/mol. The number of carbonyl (C=O) groups is 5. The first-order chi connectivity index (χ1) is 30.8. The third-order valence-corrected chi connectivity index (χ3v) is 9.51. The molecule has 0 saturated carbocycles. The number of aromatic nitrogens is 3. The number of rotatable bonds is 14. The zero-order valence-corrected chi connectivity index (χ0v) is 35.0. The number of aliphatic carboxylic acids is 2. The number of hydrogen-bond acceptors (Lipinski definition) is 10. The van der Waals surface area contributed by atoms with Gasteiger partial charge in [-0.05, 0) is 53.9 Å². The zero-order chi connectivity index (χ0) is 47.6. The summed E-state index contributed by atoms with van der Waals surface area (Å²) in [7, 11) is 1.75. The van der Waals surface area contributed by atoms with Gasteiger partial charge < -0.3 is 44.8 Å². The summed E-state index contributed by atoms with van der Waals surface area (Å²) < 4.78 is 77.9. The highest BCUT2D eigenvalue weighted by molar-refractivity contribution is 6.07. The van der Waals surface area contributed by atoms with Crippen molar-refractivity contribution < 1.29 is 70.0 Å². The number of carbonyl (C=O) groups excluding carboxylic acids is 3. The van der Waals surface area contributed by atoms with Gasteiger partial charge >= 0.3 is 24.3 Å². The second-order valence-corrected chi connectivity index (χ2v) is 14.3. The molecular formula is C42H48F6N8O9. The van der Waals surface area contributed by atoms with Gasteiger partial charge in [0.05, 0.1) is 37.8 Å². The monoisotopic (exact) mass is 922 g/mol. The van der Waals surface area contributed by atoms with E-state index in [9.17, 15) is 40.7 Å². The molecule has 0 atom stereocenters. The molecule has 0 unspecified atom stereocenters. The van der Waals surface area contributed by atoms with Crippen molar-refractivity contribution in [3.63, 3.8) is 0 Å². The quantitative estimate of drug-likeness (QED) is 0.107. The Labute approximate surface area is 368 Å². The van der Waals surface area contributed by atoms with Crippen LogP contribution in [0.1, 0.15) is 48.9 Å². The van der Waals surface area contributed by atoms with E-state index in [-0.39, 0.29) is 17.7 Å². The van der Waals surface area contributed by atoms with Gasteiger partial charge in [-0.25, -0.2) is 9.59 Å². The van der Waals surface area contributed by atoms with Crippen LogP contribution in [0.25, 0.3) is 12.2 Å². The van der Waals surface area contributed by atoms with Crippen LogP contribution in [-0.2, 0) is 32.7 Å². The van der Waals surface area contributed by atoms with E-state index in [1.807, 2.05) is 47.2 Å². The fraction of sp³-hybridized carbons (Fsp3) is 0.381. The molecule has 6 rings (SSSR count). The topological polar surface area (TPSA) is 210 Å². The zero-order valence-electron chi connectivity index (χ0n) is 35.0. The highest BCUT2D eigenvalue weighted by atomic mass is 19.4. The van der Waals surface area contributed by atoms with Crippen LogP contribution < -0.4 is 16.0 Å². The van der Waals surface area contributed by atoms with Crippen molar-refractivity contribution in [2.45, 2.75) is 25.3 Å². The standard InChI is InChI=1S/C38H46N8O5.2C2HF3O2/c1-43-27-32(41-36(47)31-7-5-29(6-8-31)3-4-30-9-11-39-12-10-30)25-34(43)38(49)42-33-26-35(37(48)40-13-16-45-19-23-51-24-20-45)46(28-33)15-2-14-44-17-21-50-22-18-44;2*3-2(4,5)1(6)7/h3-12,25-28H,2,13-24H2,1H3,(H,40,48)(H,41,47)(H,42,49);2*(H,6,7)/b4-3+;;. The molecule has 0 bridgehead atoms. The van der Waals surface area contributed by atoms with Crippen molar-refractivity contribution in [2.75, 3.05) is 82.9 Å². The van der Waals surface area contributed by atoms with Crippen molar-refractivity contribution in [1.82, 2.24) is 29.2 Å². The number of aryl methyl sites for hydroxylation is 2. The molecule has 17 nitrogen and oxygen atoms in total. The van der Waals surface area contributed by atoms with Gasteiger partial charge in [-0.1, -0.05) is 24.3 Å². The Morgan fingerprint density at radius 1 is 0.662 bits per heavy atom. The number of pyridine rings is 1. The Bertz CT molecular complexity index is 2190. The van der Waals surface area contributed by atoms with Crippen LogP contribution in [0.15, 0.2) is 73.3 Å². The molecule has 5 N–H and O–H groups in total. The maximum absolute atomic E-state index is 13.5.